The average Bonchev–Trinajstić information content (AvgIpc) is 2.95. The number of Topliss-reactive ketones (excluding diaryl/α,β-unsaturated/α-hetero) is 1. The second-order valence-corrected chi connectivity index (χ2v) is 4.33. The fraction of sp³-hybridized carbons (Fsp3) is 0.417. The predicted octanol–water partition coefficient (Wildman–Crippen LogP) is 3.47. The molecule has 17 heavy (non-hydrogen) atoms. The quantitative estimate of drug-likeness (QED) is 0.730. The molecule has 1 saturated carbocycles. The van der Waals surface area contributed by atoms with Crippen molar-refractivity contribution < 1.29 is 22.4 Å². The Kier molecular flexibility index (Phi) is 2.52. The van der Waals surface area contributed by atoms with E-state index in [4.69, 9.17) is 0 Å². The summed E-state index contributed by atoms with van der Waals surface area (Å²) in [6.45, 7) is 1.38. The number of ketones is 1. The summed E-state index contributed by atoms with van der Waals surface area (Å²) in [5, 5.41) is 0. The van der Waals surface area contributed by atoms with Gasteiger partial charge in [0.2, 0.25) is 0 Å². The van der Waals surface area contributed by atoms with E-state index in [9.17, 15) is 22.4 Å². The first kappa shape index (κ1) is 12.1. The van der Waals surface area contributed by atoms with Crippen LogP contribution in [0.4, 0.5) is 17.6 Å². The molecule has 0 heterocycles. The Morgan fingerprint density at radius 3 is 2.24 bits per heavy atom. The van der Waals surface area contributed by atoms with Crippen molar-refractivity contribution in [3.8, 4) is 0 Å². The maximum Gasteiger partial charge on any atom is 0.419 e. The van der Waals surface area contributed by atoms with Gasteiger partial charge in [0.05, 0.1) is 11.0 Å². The Morgan fingerprint density at radius 1 is 1.29 bits per heavy atom. The Balaban J connectivity index is 2.42. The van der Waals surface area contributed by atoms with Crippen molar-refractivity contribution in [1.82, 2.24) is 0 Å². The lowest BCUT2D eigenvalue weighted by Gasteiger charge is -2.14. The van der Waals surface area contributed by atoms with Crippen molar-refractivity contribution >= 4 is 5.78 Å². The lowest BCUT2D eigenvalue weighted by atomic mass is 9.91. The van der Waals surface area contributed by atoms with Crippen LogP contribution in [-0.2, 0) is 16.4 Å². The van der Waals surface area contributed by atoms with Gasteiger partial charge in [-0.1, -0.05) is 6.07 Å². The predicted molar refractivity (Wildman–Crippen MR) is 53.0 cm³/mol. The zero-order valence-corrected chi connectivity index (χ0v) is 9.07. The van der Waals surface area contributed by atoms with Gasteiger partial charge in [0.15, 0.2) is 0 Å². The first-order valence-electron chi connectivity index (χ1n) is 5.16. The van der Waals surface area contributed by atoms with Crippen LogP contribution in [0.2, 0.25) is 0 Å². The zero-order chi connectivity index (χ0) is 12.8. The van der Waals surface area contributed by atoms with Gasteiger partial charge < -0.3 is 0 Å². The third-order valence-electron chi connectivity index (χ3n) is 3.25. The molecular weight excluding hydrogens is 236 g/mol. The maximum absolute atomic E-state index is 13.3. The van der Waals surface area contributed by atoms with Crippen LogP contribution < -0.4 is 0 Å². The molecule has 2 rings (SSSR count). The van der Waals surface area contributed by atoms with E-state index >= 15 is 0 Å². The third-order valence-corrected chi connectivity index (χ3v) is 3.25. The molecule has 1 nitrogen and oxygen atoms in total. The molecule has 0 atom stereocenters. The van der Waals surface area contributed by atoms with Crippen molar-refractivity contribution in [2.45, 2.75) is 31.4 Å². The molecule has 1 aliphatic rings. The molecule has 0 radical (unpaired) electrons. The van der Waals surface area contributed by atoms with Crippen molar-refractivity contribution in [3.05, 3.63) is 35.1 Å². The van der Waals surface area contributed by atoms with E-state index in [-0.39, 0.29) is 5.78 Å². The second kappa shape index (κ2) is 3.55. The molecule has 1 aromatic rings. The fourth-order valence-electron chi connectivity index (χ4n) is 2.01. The zero-order valence-electron chi connectivity index (χ0n) is 9.07. The van der Waals surface area contributed by atoms with Gasteiger partial charge in [0, 0.05) is 0 Å². The molecular formula is C12H10F4O. The molecule has 0 aliphatic heterocycles. The van der Waals surface area contributed by atoms with Gasteiger partial charge in [0.25, 0.3) is 0 Å². The molecule has 0 saturated heterocycles. The van der Waals surface area contributed by atoms with E-state index in [1.165, 1.54) is 13.0 Å². The molecule has 0 aromatic heterocycles. The first-order valence-corrected chi connectivity index (χ1v) is 5.16. The van der Waals surface area contributed by atoms with Gasteiger partial charge in [0.1, 0.15) is 11.6 Å². The number of rotatable bonds is 2. The summed E-state index contributed by atoms with van der Waals surface area (Å²) < 4.78 is 50.4. The summed E-state index contributed by atoms with van der Waals surface area (Å²) in [5.41, 5.74) is -1.69. The first-order chi connectivity index (χ1) is 7.77. The van der Waals surface area contributed by atoms with Crippen LogP contribution in [0.5, 0.6) is 0 Å². The molecule has 1 aromatic carbocycles. The normalized spacial score (nSPS) is 17.9. The third kappa shape index (κ3) is 1.94. The maximum atomic E-state index is 13.3. The SMILES string of the molecule is CC(=O)C1(c2ccc(C(F)(F)F)c(F)c2)CC1. The highest BCUT2D eigenvalue weighted by Gasteiger charge is 2.49. The Morgan fingerprint density at radius 2 is 1.88 bits per heavy atom. The van der Waals surface area contributed by atoms with E-state index in [1.54, 1.807) is 0 Å². The molecule has 0 bridgehead atoms. The lowest BCUT2D eigenvalue weighted by Crippen LogP contribution is -2.18. The monoisotopic (exact) mass is 246 g/mol. The summed E-state index contributed by atoms with van der Waals surface area (Å²) in [6.07, 6.45) is -3.55. The molecule has 5 heteroatoms. The van der Waals surface area contributed by atoms with Crippen LogP contribution >= 0.6 is 0 Å². The van der Waals surface area contributed by atoms with E-state index in [2.05, 4.69) is 0 Å². The van der Waals surface area contributed by atoms with Crippen LogP contribution in [0.15, 0.2) is 18.2 Å². The van der Waals surface area contributed by atoms with Crippen LogP contribution in [0, 0.1) is 5.82 Å². The molecule has 0 amide bonds. The molecule has 0 spiro atoms. The smallest absolute Gasteiger partial charge is 0.299 e. The summed E-state index contributed by atoms with van der Waals surface area (Å²) in [7, 11) is 0. The highest BCUT2D eigenvalue weighted by atomic mass is 19.4. The van der Waals surface area contributed by atoms with Crippen LogP contribution in [-0.4, -0.2) is 5.78 Å². The minimum absolute atomic E-state index is 0.128. The van der Waals surface area contributed by atoms with E-state index in [0.29, 0.717) is 24.5 Å². The Bertz CT molecular complexity index is 472. The topological polar surface area (TPSA) is 17.1 Å². The number of carbonyl (C=O) groups is 1. The highest BCUT2D eigenvalue weighted by Crippen LogP contribution is 2.49. The lowest BCUT2D eigenvalue weighted by molar-refractivity contribution is -0.140. The number of alkyl halides is 3. The van der Waals surface area contributed by atoms with Crippen molar-refractivity contribution in [2.24, 2.45) is 0 Å². The number of benzene rings is 1. The summed E-state index contributed by atoms with van der Waals surface area (Å²) in [4.78, 5) is 11.4. The summed E-state index contributed by atoms with van der Waals surface area (Å²) in [5.74, 6) is -1.45. The van der Waals surface area contributed by atoms with Gasteiger partial charge in [-0.05, 0) is 37.5 Å². The van der Waals surface area contributed by atoms with Crippen molar-refractivity contribution in [2.75, 3.05) is 0 Å². The van der Waals surface area contributed by atoms with Crippen LogP contribution in [0.3, 0.4) is 0 Å². The van der Waals surface area contributed by atoms with Gasteiger partial charge in [-0.3, -0.25) is 4.79 Å². The van der Waals surface area contributed by atoms with Gasteiger partial charge >= 0.3 is 6.18 Å². The van der Waals surface area contributed by atoms with Crippen molar-refractivity contribution in [3.63, 3.8) is 0 Å². The largest absolute Gasteiger partial charge is 0.419 e. The summed E-state index contributed by atoms with van der Waals surface area (Å²) in [6, 6.07) is 2.73. The van der Waals surface area contributed by atoms with Gasteiger partial charge in [-0.2, -0.15) is 13.2 Å². The van der Waals surface area contributed by atoms with Gasteiger partial charge in [-0.15, -0.1) is 0 Å². The number of hydrogen-bond acceptors (Lipinski definition) is 1. The van der Waals surface area contributed by atoms with E-state index in [1.807, 2.05) is 0 Å². The fourth-order valence-corrected chi connectivity index (χ4v) is 2.01. The molecule has 92 valence electrons. The molecule has 0 N–H and O–H groups in total. The molecule has 1 aliphatic carbocycles. The molecule has 1 fully saturated rings. The van der Waals surface area contributed by atoms with Crippen LogP contribution in [0.1, 0.15) is 30.9 Å². The van der Waals surface area contributed by atoms with E-state index < -0.39 is 23.0 Å². The number of carbonyl (C=O) groups excluding carboxylic acids is 1. The Hall–Kier alpha value is -1.39. The number of hydrogen-bond donors (Lipinski definition) is 0. The number of halogens is 4. The van der Waals surface area contributed by atoms with E-state index in [0.717, 1.165) is 6.07 Å². The van der Waals surface area contributed by atoms with Gasteiger partial charge in [-0.25, -0.2) is 4.39 Å². The summed E-state index contributed by atoms with van der Waals surface area (Å²) >= 11 is 0. The standard InChI is InChI=1S/C12H10F4O/c1-7(17)11(4-5-11)8-2-3-9(10(13)6-8)12(14,15)16/h2-3,6H,4-5H2,1H3. The molecule has 0 unspecified atom stereocenters. The second-order valence-electron chi connectivity index (χ2n) is 4.33. The highest BCUT2D eigenvalue weighted by molar-refractivity contribution is 5.91. The average molecular weight is 246 g/mol. The Labute approximate surface area is 95.4 Å². The van der Waals surface area contributed by atoms with Crippen molar-refractivity contribution in [1.29, 1.82) is 0 Å². The minimum atomic E-state index is -4.70. The minimum Gasteiger partial charge on any atom is -0.299 e. The van der Waals surface area contributed by atoms with Crippen LogP contribution in [0.25, 0.3) is 0 Å².